The molecule has 5 nitrogen and oxygen atoms in total. The lowest BCUT2D eigenvalue weighted by Crippen LogP contribution is -2.33. The van der Waals surface area contributed by atoms with E-state index in [0.29, 0.717) is 23.9 Å². The van der Waals surface area contributed by atoms with E-state index in [1.165, 1.54) is 45.2 Å². The van der Waals surface area contributed by atoms with Crippen LogP contribution in [0.15, 0.2) is 72.8 Å². The number of rotatable bonds is 13. The fourth-order valence-electron chi connectivity index (χ4n) is 5.21. The average molecular weight is 575 g/mol. The maximum atomic E-state index is 12.2. The number of likely N-dealkylation sites (tertiary alicyclic amines) is 1. The van der Waals surface area contributed by atoms with Crippen molar-refractivity contribution in [3.05, 3.63) is 94.5 Å². The lowest BCUT2D eigenvalue weighted by atomic mass is 9.90. The van der Waals surface area contributed by atoms with Crippen molar-refractivity contribution < 1.29 is 14.3 Å². The molecular weight excluding hydrogens is 532 g/mol. The van der Waals surface area contributed by atoms with Gasteiger partial charge in [0.05, 0.1) is 0 Å². The van der Waals surface area contributed by atoms with E-state index < -0.39 is 6.09 Å². The molecule has 1 N–H and O–H groups in total. The number of nitrogens with one attached hydrogen (secondary N) is 1. The molecule has 41 heavy (non-hydrogen) atoms. The number of nitrogens with zero attached hydrogens (tertiary/aromatic N) is 1. The Morgan fingerprint density at radius 3 is 2.05 bits per heavy atom. The Hall–Kier alpha value is -3.28. The van der Waals surface area contributed by atoms with Crippen LogP contribution in [0.25, 0.3) is 11.1 Å². The van der Waals surface area contributed by atoms with Gasteiger partial charge in [-0.1, -0.05) is 80.6 Å². The molecule has 1 aliphatic heterocycles. The molecule has 218 valence electrons. The first-order chi connectivity index (χ1) is 20.0. The number of unbranched alkanes of at least 4 members (excludes halogenated alkanes) is 3. The van der Waals surface area contributed by atoms with E-state index in [0.717, 1.165) is 53.0 Å². The van der Waals surface area contributed by atoms with Crippen LogP contribution in [0.2, 0.25) is 5.02 Å². The Morgan fingerprint density at radius 1 is 0.805 bits per heavy atom. The third-order valence-electron chi connectivity index (χ3n) is 7.57. The molecule has 0 bridgehead atoms. The van der Waals surface area contributed by atoms with Crippen LogP contribution in [0.3, 0.4) is 0 Å². The first-order valence-corrected chi connectivity index (χ1v) is 15.4. The maximum absolute atomic E-state index is 12.2. The van der Waals surface area contributed by atoms with E-state index in [-0.39, 0.29) is 0 Å². The molecule has 0 atom stereocenters. The van der Waals surface area contributed by atoms with E-state index in [1.54, 1.807) is 0 Å². The zero-order valence-electron chi connectivity index (χ0n) is 24.5. The highest BCUT2D eigenvalue weighted by atomic mass is 35.5. The van der Waals surface area contributed by atoms with E-state index in [1.807, 2.05) is 60.7 Å². The normalized spacial score (nSPS) is 14.3. The second kappa shape index (κ2) is 16.2. The summed E-state index contributed by atoms with van der Waals surface area (Å²) in [6.45, 7) is 8.93. The second-order valence-corrected chi connectivity index (χ2v) is 11.1. The van der Waals surface area contributed by atoms with Crippen LogP contribution in [-0.2, 0) is 0 Å². The van der Waals surface area contributed by atoms with Gasteiger partial charge in [-0.25, -0.2) is 4.79 Å². The topological polar surface area (TPSA) is 50.8 Å². The molecule has 6 heteroatoms. The van der Waals surface area contributed by atoms with E-state index in [4.69, 9.17) is 21.1 Å². The van der Waals surface area contributed by atoms with Crippen molar-refractivity contribution >= 4 is 28.8 Å². The first-order valence-electron chi connectivity index (χ1n) is 15.0. The van der Waals surface area contributed by atoms with Gasteiger partial charge in [0.25, 0.3) is 0 Å². The third-order valence-corrected chi connectivity index (χ3v) is 7.83. The summed E-state index contributed by atoms with van der Waals surface area (Å²) in [7, 11) is 0. The highest BCUT2D eigenvalue weighted by Gasteiger charge is 2.14. The molecule has 3 aromatic carbocycles. The SMILES string of the molecule is CCCCCCNC(=O)Oc1ccc(/C(=C(\C)c2ccc(Cl)cc2)c2ccc(OCCN3CCCCC3)cc2)cc1. The molecule has 0 saturated carbocycles. The molecule has 0 unspecified atom stereocenters. The number of piperidine rings is 1. The quantitative estimate of drug-likeness (QED) is 0.164. The van der Waals surface area contributed by atoms with Crippen molar-refractivity contribution in [2.45, 2.75) is 58.8 Å². The molecule has 0 aliphatic carbocycles. The van der Waals surface area contributed by atoms with E-state index in [9.17, 15) is 4.79 Å². The number of ether oxygens (including phenoxy) is 2. The molecule has 1 fully saturated rings. The third kappa shape index (κ3) is 9.65. The summed E-state index contributed by atoms with van der Waals surface area (Å²) in [6, 6.07) is 23.9. The average Bonchev–Trinajstić information content (AvgIpc) is 3.00. The Balaban J connectivity index is 1.47. The maximum Gasteiger partial charge on any atom is 0.412 e. The monoisotopic (exact) mass is 574 g/mol. The van der Waals surface area contributed by atoms with Gasteiger partial charge in [-0.3, -0.25) is 4.90 Å². The van der Waals surface area contributed by atoms with Crippen LogP contribution in [0.5, 0.6) is 11.5 Å². The Kier molecular flexibility index (Phi) is 12.1. The number of halogens is 1. The standard InChI is InChI=1S/C35H43ClN2O3/c1-3-4-5-7-22-37-35(39)41-33-20-14-30(15-21-33)34(27(2)28-10-16-31(36)17-11-28)29-12-18-32(19-13-29)40-26-25-38-23-8-6-9-24-38/h10-21H,3-9,22-26H2,1-2H3,(H,37,39)/b34-27+. The number of benzene rings is 3. The number of carbonyl (C=O) groups is 1. The van der Waals surface area contributed by atoms with Crippen molar-refractivity contribution in [1.82, 2.24) is 10.2 Å². The summed E-state index contributed by atoms with van der Waals surface area (Å²) in [5.74, 6) is 1.39. The van der Waals surface area contributed by atoms with Gasteiger partial charge in [0, 0.05) is 18.1 Å². The first kappa shape index (κ1) is 30.7. The molecular formula is C35H43ClN2O3. The molecule has 1 amide bonds. The van der Waals surface area contributed by atoms with Crippen molar-refractivity contribution in [3.63, 3.8) is 0 Å². The fourth-order valence-corrected chi connectivity index (χ4v) is 5.34. The van der Waals surface area contributed by atoms with Gasteiger partial charge in [-0.05, 0) is 104 Å². The minimum atomic E-state index is -0.418. The summed E-state index contributed by atoms with van der Waals surface area (Å²) in [6.07, 6.45) is 7.92. The number of carbonyl (C=O) groups excluding carboxylic acids is 1. The Morgan fingerprint density at radius 2 is 1.41 bits per heavy atom. The number of allylic oxidation sites excluding steroid dienone is 1. The van der Waals surface area contributed by atoms with Gasteiger partial charge in [0.15, 0.2) is 0 Å². The summed E-state index contributed by atoms with van der Waals surface area (Å²) in [4.78, 5) is 14.7. The van der Waals surface area contributed by atoms with Gasteiger partial charge >= 0.3 is 6.09 Å². The smallest absolute Gasteiger partial charge is 0.412 e. The minimum Gasteiger partial charge on any atom is -0.492 e. The predicted octanol–water partition coefficient (Wildman–Crippen LogP) is 8.85. The molecule has 3 aromatic rings. The summed E-state index contributed by atoms with van der Waals surface area (Å²) in [5, 5.41) is 3.55. The fraction of sp³-hybridized carbons (Fsp3) is 0.400. The van der Waals surface area contributed by atoms with Gasteiger partial charge in [0.1, 0.15) is 18.1 Å². The van der Waals surface area contributed by atoms with E-state index >= 15 is 0 Å². The summed E-state index contributed by atoms with van der Waals surface area (Å²) >= 11 is 6.17. The number of hydrogen-bond donors (Lipinski definition) is 1. The van der Waals surface area contributed by atoms with Crippen molar-refractivity contribution in [2.24, 2.45) is 0 Å². The van der Waals surface area contributed by atoms with Crippen molar-refractivity contribution in [3.8, 4) is 11.5 Å². The van der Waals surface area contributed by atoms with Gasteiger partial charge in [0.2, 0.25) is 0 Å². The van der Waals surface area contributed by atoms with Gasteiger partial charge < -0.3 is 14.8 Å². The summed E-state index contributed by atoms with van der Waals surface area (Å²) in [5.41, 5.74) is 5.43. The predicted molar refractivity (Wildman–Crippen MR) is 170 cm³/mol. The van der Waals surface area contributed by atoms with Crippen LogP contribution >= 0.6 is 11.6 Å². The van der Waals surface area contributed by atoms with Crippen LogP contribution in [0.4, 0.5) is 4.79 Å². The van der Waals surface area contributed by atoms with Crippen molar-refractivity contribution in [1.29, 1.82) is 0 Å². The minimum absolute atomic E-state index is 0.418. The lowest BCUT2D eigenvalue weighted by molar-refractivity contribution is 0.183. The van der Waals surface area contributed by atoms with E-state index in [2.05, 4.69) is 36.2 Å². The molecule has 1 saturated heterocycles. The number of amides is 1. The highest BCUT2D eigenvalue weighted by Crippen LogP contribution is 2.34. The zero-order valence-corrected chi connectivity index (χ0v) is 25.2. The highest BCUT2D eigenvalue weighted by molar-refractivity contribution is 6.30. The molecule has 0 radical (unpaired) electrons. The largest absolute Gasteiger partial charge is 0.492 e. The van der Waals surface area contributed by atoms with Gasteiger partial charge in [-0.2, -0.15) is 0 Å². The van der Waals surface area contributed by atoms with Gasteiger partial charge in [-0.15, -0.1) is 0 Å². The van der Waals surface area contributed by atoms with Crippen LogP contribution in [0.1, 0.15) is 75.5 Å². The second-order valence-electron chi connectivity index (χ2n) is 10.7. The molecule has 1 aliphatic rings. The van der Waals surface area contributed by atoms with Crippen LogP contribution in [-0.4, -0.2) is 43.8 Å². The lowest BCUT2D eigenvalue weighted by Gasteiger charge is -2.26. The van der Waals surface area contributed by atoms with Crippen LogP contribution < -0.4 is 14.8 Å². The Bertz CT molecular complexity index is 1250. The molecule has 0 aromatic heterocycles. The van der Waals surface area contributed by atoms with Crippen LogP contribution in [0, 0.1) is 0 Å². The Labute approximate surface area is 250 Å². The molecule has 4 rings (SSSR count). The molecule has 0 spiro atoms. The summed E-state index contributed by atoms with van der Waals surface area (Å²) < 4.78 is 11.6. The van der Waals surface area contributed by atoms with Crippen molar-refractivity contribution in [2.75, 3.05) is 32.8 Å². The zero-order chi connectivity index (χ0) is 28.9. The molecule has 1 heterocycles. The number of hydrogen-bond acceptors (Lipinski definition) is 4.